The normalized spacial score (nSPS) is 14.3. The molecule has 0 aromatic rings. The minimum atomic E-state index is -3.82. The molecule has 0 saturated carbocycles. The van der Waals surface area contributed by atoms with E-state index in [-0.39, 0.29) is 11.2 Å². The molecule has 2 N–H and O–H groups in total. The molecule has 0 aliphatic heterocycles. The van der Waals surface area contributed by atoms with Crippen molar-refractivity contribution in [2.24, 2.45) is 0 Å². The lowest BCUT2D eigenvalue weighted by atomic mass is 10.4. The van der Waals surface area contributed by atoms with Crippen LogP contribution in [0.15, 0.2) is 0 Å². The average Bonchev–Trinajstić information content (AvgIpc) is 2.10. The predicted molar refractivity (Wildman–Crippen MR) is 67.2 cm³/mol. The van der Waals surface area contributed by atoms with Crippen molar-refractivity contribution >= 4 is 21.9 Å². The molecule has 1 atom stereocenters. The Labute approximate surface area is 102 Å². The van der Waals surface area contributed by atoms with Crippen molar-refractivity contribution in [2.45, 2.75) is 38.7 Å². The van der Waals surface area contributed by atoms with Gasteiger partial charge in [-0.05, 0) is 32.9 Å². The molecule has 0 bridgehead atoms. The summed E-state index contributed by atoms with van der Waals surface area (Å²) in [5.74, 6) is 0.472. The van der Waals surface area contributed by atoms with E-state index in [9.17, 15) is 8.42 Å². The highest BCUT2D eigenvalue weighted by Crippen LogP contribution is 2.12. The first kappa shape index (κ1) is 16.2. The maximum absolute atomic E-state index is 10.4. The zero-order valence-electron chi connectivity index (χ0n) is 9.97. The second kappa shape index (κ2) is 8.30. The fraction of sp³-hybridized carbons (Fsp3) is 1.00. The zero-order chi connectivity index (χ0) is 12.6. The molecule has 0 rings (SSSR count). The minimum Gasteiger partial charge on any atom is -0.353 e. The van der Waals surface area contributed by atoms with Crippen molar-refractivity contribution in [3.63, 3.8) is 0 Å². The van der Waals surface area contributed by atoms with Crippen LogP contribution in [0.2, 0.25) is 0 Å². The van der Waals surface area contributed by atoms with Crippen molar-refractivity contribution in [3.8, 4) is 0 Å². The van der Waals surface area contributed by atoms with E-state index in [2.05, 4.69) is 5.32 Å². The van der Waals surface area contributed by atoms with E-state index >= 15 is 0 Å². The van der Waals surface area contributed by atoms with Crippen molar-refractivity contribution in [3.05, 3.63) is 0 Å². The maximum atomic E-state index is 10.4. The quantitative estimate of drug-likeness (QED) is 0.374. The largest absolute Gasteiger partial charge is 0.353 e. The van der Waals surface area contributed by atoms with Crippen molar-refractivity contribution in [2.75, 3.05) is 18.2 Å². The number of hydrogen-bond acceptors (Lipinski definition) is 5. The smallest absolute Gasteiger partial charge is 0.264 e. The number of ether oxygens (including phenoxy) is 1. The van der Waals surface area contributed by atoms with Crippen LogP contribution >= 0.6 is 11.8 Å². The molecule has 0 amide bonds. The molecule has 0 heterocycles. The Balaban J connectivity index is 3.40. The molecule has 98 valence electrons. The van der Waals surface area contributed by atoms with E-state index in [0.717, 1.165) is 0 Å². The molecule has 7 heteroatoms. The Morgan fingerprint density at radius 2 is 2.00 bits per heavy atom. The molecule has 0 spiro atoms. The van der Waals surface area contributed by atoms with E-state index in [0.29, 0.717) is 24.9 Å². The fourth-order valence-electron chi connectivity index (χ4n) is 0.871. The summed E-state index contributed by atoms with van der Waals surface area (Å²) in [6.45, 7) is 6.48. The van der Waals surface area contributed by atoms with Crippen LogP contribution in [0.25, 0.3) is 0 Å². The van der Waals surface area contributed by atoms with Crippen LogP contribution in [-0.2, 0) is 14.9 Å². The van der Waals surface area contributed by atoms with Gasteiger partial charge in [0.25, 0.3) is 10.1 Å². The molecular weight excluding hydrogens is 250 g/mol. The second-order valence-electron chi connectivity index (χ2n) is 3.75. The first-order valence-electron chi connectivity index (χ1n) is 5.23. The van der Waals surface area contributed by atoms with Gasteiger partial charge in [-0.15, -0.1) is 11.8 Å². The van der Waals surface area contributed by atoms with Gasteiger partial charge >= 0.3 is 0 Å². The van der Waals surface area contributed by atoms with Gasteiger partial charge in [0.15, 0.2) is 0 Å². The van der Waals surface area contributed by atoms with Gasteiger partial charge in [0.2, 0.25) is 0 Å². The summed E-state index contributed by atoms with van der Waals surface area (Å²) in [7, 11) is -3.82. The van der Waals surface area contributed by atoms with Gasteiger partial charge in [-0.2, -0.15) is 8.42 Å². The average molecular weight is 271 g/mol. The van der Waals surface area contributed by atoms with Gasteiger partial charge in [-0.3, -0.25) is 9.87 Å². The van der Waals surface area contributed by atoms with Gasteiger partial charge in [0.1, 0.15) is 5.44 Å². The summed E-state index contributed by atoms with van der Waals surface area (Å²) in [5, 5.41) is 3.12. The third kappa shape index (κ3) is 12.3. The first-order valence-corrected chi connectivity index (χ1v) is 7.89. The lowest BCUT2D eigenvalue weighted by Crippen LogP contribution is -2.27. The lowest BCUT2D eigenvalue weighted by Gasteiger charge is -2.14. The van der Waals surface area contributed by atoms with E-state index in [1.807, 2.05) is 20.8 Å². The first-order chi connectivity index (χ1) is 7.31. The molecule has 0 fully saturated rings. The van der Waals surface area contributed by atoms with Crippen molar-refractivity contribution in [1.29, 1.82) is 0 Å². The summed E-state index contributed by atoms with van der Waals surface area (Å²) in [6, 6.07) is 0.386. The van der Waals surface area contributed by atoms with Gasteiger partial charge in [-0.1, -0.05) is 0 Å². The van der Waals surface area contributed by atoms with Crippen molar-refractivity contribution in [1.82, 2.24) is 5.32 Å². The summed E-state index contributed by atoms with van der Waals surface area (Å²) < 4.78 is 34.8. The standard InChI is InChI=1S/C9H21NO4S2/c1-8(2)10-7-14-9(3)15-5-4-6-16(11,12)13/h8-10H,4-7H2,1-3H3,(H,11,12,13). The Hall–Kier alpha value is 0.180. The van der Waals surface area contributed by atoms with Gasteiger partial charge in [-0.25, -0.2) is 0 Å². The summed E-state index contributed by atoms with van der Waals surface area (Å²) >= 11 is 1.53. The molecule has 1 unspecified atom stereocenters. The van der Waals surface area contributed by atoms with E-state index in [1.165, 1.54) is 11.8 Å². The van der Waals surface area contributed by atoms with E-state index < -0.39 is 10.1 Å². The van der Waals surface area contributed by atoms with Crippen LogP contribution in [0, 0.1) is 0 Å². The van der Waals surface area contributed by atoms with Crippen LogP contribution in [-0.4, -0.2) is 42.7 Å². The SMILES string of the molecule is CC(C)NCOC(C)SCCCS(=O)(=O)O. The third-order valence-corrected chi connectivity index (χ3v) is 3.64. The van der Waals surface area contributed by atoms with Crippen molar-refractivity contribution < 1.29 is 17.7 Å². The van der Waals surface area contributed by atoms with E-state index in [4.69, 9.17) is 9.29 Å². The Bertz CT molecular complexity index is 267. The van der Waals surface area contributed by atoms with Gasteiger partial charge < -0.3 is 4.74 Å². The molecule has 5 nitrogen and oxygen atoms in total. The number of rotatable bonds is 9. The van der Waals surface area contributed by atoms with Crippen LogP contribution < -0.4 is 5.32 Å². The van der Waals surface area contributed by atoms with Gasteiger partial charge in [0, 0.05) is 6.04 Å². The van der Waals surface area contributed by atoms with Gasteiger partial charge in [0.05, 0.1) is 12.5 Å². The molecular formula is C9H21NO4S2. The molecule has 0 aliphatic rings. The fourth-order valence-corrected chi connectivity index (χ4v) is 2.37. The molecule has 0 aliphatic carbocycles. The van der Waals surface area contributed by atoms with E-state index in [1.54, 1.807) is 0 Å². The molecule has 0 radical (unpaired) electrons. The Morgan fingerprint density at radius 3 is 2.50 bits per heavy atom. The molecule has 0 saturated heterocycles. The lowest BCUT2D eigenvalue weighted by molar-refractivity contribution is 0.101. The summed E-state index contributed by atoms with van der Waals surface area (Å²) in [4.78, 5) is 0. The highest BCUT2D eigenvalue weighted by atomic mass is 32.2. The molecule has 16 heavy (non-hydrogen) atoms. The highest BCUT2D eigenvalue weighted by molar-refractivity contribution is 7.99. The predicted octanol–water partition coefficient (Wildman–Crippen LogP) is 1.32. The topological polar surface area (TPSA) is 75.6 Å². The third-order valence-electron chi connectivity index (χ3n) is 1.71. The van der Waals surface area contributed by atoms with Crippen LogP contribution in [0.5, 0.6) is 0 Å². The highest BCUT2D eigenvalue weighted by Gasteiger charge is 2.06. The molecule has 0 aromatic heterocycles. The van der Waals surface area contributed by atoms with Crippen LogP contribution in [0.1, 0.15) is 27.2 Å². The number of thioether (sulfide) groups is 1. The Kier molecular flexibility index (Phi) is 8.39. The Morgan fingerprint density at radius 1 is 1.38 bits per heavy atom. The van der Waals surface area contributed by atoms with Crippen LogP contribution in [0.4, 0.5) is 0 Å². The monoisotopic (exact) mass is 271 g/mol. The molecule has 0 aromatic carbocycles. The summed E-state index contributed by atoms with van der Waals surface area (Å²) in [6.07, 6.45) is 0.439. The maximum Gasteiger partial charge on any atom is 0.264 e. The summed E-state index contributed by atoms with van der Waals surface area (Å²) in [5.41, 5.74) is 0.0210. The van der Waals surface area contributed by atoms with Crippen LogP contribution in [0.3, 0.4) is 0 Å². The number of nitrogens with one attached hydrogen (secondary N) is 1. The number of hydrogen-bond donors (Lipinski definition) is 2. The second-order valence-corrected chi connectivity index (χ2v) is 6.73. The zero-order valence-corrected chi connectivity index (χ0v) is 11.6. The minimum absolute atomic E-state index is 0.0210.